The van der Waals surface area contributed by atoms with Gasteiger partial charge in [0.15, 0.2) is 36.1 Å². The van der Waals surface area contributed by atoms with Crippen LogP contribution in [0.2, 0.25) is 0 Å². The van der Waals surface area contributed by atoms with Crippen molar-refractivity contribution in [2.75, 3.05) is 38.3 Å². The molecule has 2 saturated heterocycles. The molecule has 26 nitrogen and oxygen atoms in total. The summed E-state index contributed by atoms with van der Waals surface area (Å²) in [5.41, 5.74) is 10.5. The average molecular weight is 836 g/mol. The van der Waals surface area contributed by atoms with Crippen molar-refractivity contribution in [2.24, 2.45) is 0 Å². The van der Waals surface area contributed by atoms with E-state index in [9.17, 15) is 53.5 Å². The number of nitrogens with zero attached hydrogens (tertiary/aromatic N) is 7. The van der Waals surface area contributed by atoms with E-state index in [-0.39, 0.29) is 35.6 Å². The minimum Gasteiger partial charge on any atom is -0.455 e. The van der Waals surface area contributed by atoms with E-state index >= 15 is 0 Å². The van der Waals surface area contributed by atoms with E-state index in [2.05, 4.69) is 31.0 Å². The third-order valence-electron chi connectivity index (χ3n) is 8.59. The number of rotatable bonds is 17. The van der Waals surface area contributed by atoms with Gasteiger partial charge < -0.3 is 60.6 Å². The molecule has 308 valence electrons. The Balaban J connectivity index is 1.38. The maximum Gasteiger partial charge on any atom is 0.472 e. The molecule has 3 aromatic heterocycles. The van der Waals surface area contributed by atoms with Crippen molar-refractivity contribution in [1.29, 1.82) is 0 Å². The number of nitrogens with two attached hydrogens (primary N) is 2. The summed E-state index contributed by atoms with van der Waals surface area (Å²) in [5.74, 6) is -1.98. The van der Waals surface area contributed by atoms with Gasteiger partial charge >= 0.3 is 27.3 Å². The van der Waals surface area contributed by atoms with Gasteiger partial charge in [0.25, 0.3) is 0 Å². The summed E-state index contributed by atoms with van der Waals surface area (Å²) in [6.07, 6.45) is -8.99. The number of hydrogen-bond acceptors (Lipinski definition) is 20. The number of ether oxygens (including phenoxy) is 3. The van der Waals surface area contributed by atoms with E-state index < -0.39 is 108 Å². The first kappa shape index (κ1) is 42.9. The van der Waals surface area contributed by atoms with Crippen molar-refractivity contribution in [3.63, 3.8) is 0 Å². The van der Waals surface area contributed by atoms with Crippen molar-refractivity contribution in [3.8, 4) is 0 Å². The highest BCUT2D eigenvalue weighted by atomic mass is 31.2. The highest BCUT2D eigenvalue weighted by Crippen LogP contribution is 2.50. The molecule has 5 heterocycles. The molecule has 5 rings (SSSR count). The Kier molecular flexibility index (Phi) is 13.4. The predicted octanol–water partition coefficient (Wildman–Crippen LogP) is -2.93. The number of allylic oxidation sites excluding steroid dienone is 1. The number of imidazole rings is 1. The van der Waals surface area contributed by atoms with E-state index in [0.29, 0.717) is 0 Å². The number of anilines is 2. The maximum absolute atomic E-state index is 13.4. The Morgan fingerprint density at radius 2 is 1.68 bits per heavy atom. The molecule has 0 spiro atoms. The maximum atomic E-state index is 13.4. The van der Waals surface area contributed by atoms with E-state index in [0.717, 1.165) is 28.1 Å². The molecule has 1 amide bonds. The molecule has 2 aliphatic heterocycles. The standard InChI is InChI=1S/C28H39N9O17P2/c1-3-4-5-17(39)35(2)13(8-38)27(42)53-21-14(51-26(19(21)40)37-12-33-18-23(30)31-11-32-24(18)37)10-50-56(47,48)54-22-15(9-49-55(44,45)46)52-25(20(22)41)36-7-6-16(29)34-28(36)43/h3,6-7,11-15,19-22,25-26,38,40-41H,1,4-5,8-10H2,2H3,(H,47,48)(H2,29,34,43)(H2,30,31,32)(H2,44,45,46)/t13-,14+,15+,19+,20+,21+,22+,25+,26+/m0/s1. The molecule has 10 N–H and O–H groups in total. The minimum absolute atomic E-state index is 0.0280. The number of esters is 1. The summed E-state index contributed by atoms with van der Waals surface area (Å²) in [5, 5.41) is 32.5. The van der Waals surface area contributed by atoms with Crippen molar-refractivity contribution in [1.82, 2.24) is 34.0 Å². The number of likely N-dealkylation sites (N-methyl/N-ethyl adjacent to an activating group) is 1. The second-order valence-electron chi connectivity index (χ2n) is 12.3. The van der Waals surface area contributed by atoms with Crippen LogP contribution >= 0.6 is 15.6 Å². The van der Waals surface area contributed by atoms with Crippen LogP contribution in [0.3, 0.4) is 0 Å². The third kappa shape index (κ3) is 9.63. The fraction of sp³-hybridized carbons (Fsp3) is 0.536. The molecular formula is C28H39N9O17P2. The normalized spacial score (nSPS) is 26.8. The van der Waals surface area contributed by atoms with Gasteiger partial charge in [-0.2, -0.15) is 4.98 Å². The number of aliphatic hydroxyl groups excluding tert-OH is 3. The summed E-state index contributed by atoms with van der Waals surface area (Å²) < 4.78 is 58.6. The molecule has 2 aliphatic rings. The van der Waals surface area contributed by atoms with Crippen LogP contribution in [-0.2, 0) is 46.5 Å². The predicted molar refractivity (Wildman–Crippen MR) is 184 cm³/mol. The summed E-state index contributed by atoms with van der Waals surface area (Å²) in [6, 6.07) is -0.406. The zero-order valence-corrected chi connectivity index (χ0v) is 31.0. The lowest BCUT2D eigenvalue weighted by Crippen LogP contribution is -2.49. The van der Waals surface area contributed by atoms with Crippen molar-refractivity contribution in [2.45, 2.75) is 68.0 Å². The van der Waals surface area contributed by atoms with Crippen LogP contribution in [0.4, 0.5) is 11.6 Å². The summed E-state index contributed by atoms with van der Waals surface area (Å²) >= 11 is 0. The van der Waals surface area contributed by atoms with Crippen LogP contribution < -0.4 is 17.2 Å². The van der Waals surface area contributed by atoms with Crippen LogP contribution in [0.25, 0.3) is 11.2 Å². The van der Waals surface area contributed by atoms with E-state index in [4.69, 9.17) is 34.7 Å². The molecule has 56 heavy (non-hydrogen) atoms. The summed E-state index contributed by atoms with van der Waals surface area (Å²) in [7, 11) is -9.34. The van der Waals surface area contributed by atoms with E-state index in [1.165, 1.54) is 24.0 Å². The topological polar surface area (TPSA) is 379 Å². The van der Waals surface area contributed by atoms with Crippen LogP contribution in [0, 0.1) is 0 Å². The van der Waals surface area contributed by atoms with Gasteiger partial charge in [-0.15, -0.1) is 6.58 Å². The van der Waals surface area contributed by atoms with Gasteiger partial charge in [-0.1, -0.05) is 6.08 Å². The molecule has 0 bridgehead atoms. The minimum atomic E-state index is -5.41. The second kappa shape index (κ2) is 17.5. The molecular weight excluding hydrogens is 796 g/mol. The van der Waals surface area contributed by atoms with Crippen LogP contribution in [-0.4, -0.2) is 145 Å². The highest BCUT2D eigenvalue weighted by molar-refractivity contribution is 7.47. The average Bonchev–Trinajstić information content (AvgIpc) is 3.79. The first-order valence-corrected chi connectivity index (χ1v) is 19.4. The lowest BCUT2D eigenvalue weighted by atomic mass is 10.1. The van der Waals surface area contributed by atoms with Crippen molar-refractivity contribution >= 4 is 50.3 Å². The molecule has 0 saturated carbocycles. The number of nitrogen functional groups attached to an aromatic ring is 2. The Morgan fingerprint density at radius 3 is 2.32 bits per heavy atom. The lowest BCUT2D eigenvalue weighted by molar-refractivity contribution is -0.166. The molecule has 0 aliphatic carbocycles. The Bertz CT molecular complexity index is 2070. The van der Waals surface area contributed by atoms with Gasteiger partial charge in [-0.25, -0.2) is 33.7 Å². The SMILES string of the molecule is C=CCCC(=O)N(C)[C@@H](CO)C(=O)O[C@H]1[C@@H](O)[C@H](n2cnc3c(N)ncnc32)O[C@@H]1COP(=O)(O)O[C@H]1[C@@H](O)[C@H](n2ccc(N)nc2=O)O[C@@H]1COP(=O)(O)O. The molecule has 0 radical (unpaired) electrons. The molecule has 1 unspecified atom stereocenters. The number of aliphatic hydroxyl groups is 3. The Morgan fingerprint density at radius 1 is 1.04 bits per heavy atom. The lowest BCUT2D eigenvalue weighted by Gasteiger charge is -2.28. The molecule has 28 heteroatoms. The third-order valence-corrected chi connectivity index (χ3v) is 10.1. The number of phosphoric acid groups is 2. The molecule has 3 aromatic rings. The fourth-order valence-electron chi connectivity index (χ4n) is 5.78. The van der Waals surface area contributed by atoms with Crippen LogP contribution in [0.1, 0.15) is 25.3 Å². The Hall–Kier alpha value is -4.27. The van der Waals surface area contributed by atoms with Gasteiger partial charge in [0.2, 0.25) is 5.91 Å². The van der Waals surface area contributed by atoms with Gasteiger partial charge in [0, 0.05) is 19.7 Å². The molecule has 0 aromatic carbocycles. The highest BCUT2D eigenvalue weighted by Gasteiger charge is 2.52. The first-order chi connectivity index (χ1) is 26.4. The van der Waals surface area contributed by atoms with Gasteiger partial charge in [0.05, 0.1) is 26.1 Å². The molecule has 10 atom stereocenters. The van der Waals surface area contributed by atoms with Crippen LogP contribution in [0.15, 0.2) is 42.4 Å². The second-order valence-corrected chi connectivity index (χ2v) is 14.9. The zero-order chi connectivity index (χ0) is 41.1. The quantitative estimate of drug-likeness (QED) is 0.0383. The van der Waals surface area contributed by atoms with Crippen LogP contribution in [0.5, 0.6) is 0 Å². The van der Waals surface area contributed by atoms with Crippen molar-refractivity contribution < 1.29 is 76.5 Å². The van der Waals surface area contributed by atoms with Gasteiger partial charge in [-0.05, 0) is 12.5 Å². The molecule has 2 fully saturated rings. The number of fused-ring (bicyclic) bond motifs is 1. The number of hydrogen-bond donors (Lipinski definition) is 8. The fourth-order valence-corrected chi connectivity index (χ4v) is 7.09. The monoisotopic (exact) mass is 835 g/mol. The van der Waals surface area contributed by atoms with Gasteiger partial charge in [-0.3, -0.25) is 27.5 Å². The number of carbonyl (C=O) groups excluding carboxylic acids is 2. The number of phosphoric ester groups is 2. The number of aromatic nitrogens is 6. The van der Waals surface area contributed by atoms with Crippen molar-refractivity contribution in [3.05, 3.63) is 48.1 Å². The zero-order valence-electron chi connectivity index (χ0n) is 29.2. The largest absolute Gasteiger partial charge is 0.472 e. The smallest absolute Gasteiger partial charge is 0.455 e. The van der Waals surface area contributed by atoms with E-state index in [1.807, 2.05) is 0 Å². The number of amides is 1. The summed E-state index contributed by atoms with van der Waals surface area (Å²) in [4.78, 5) is 84.2. The Labute approximate surface area is 315 Å². The number of carbonyl (C=O) groups is 2. The summed E-state index contributed by atoms with van der Waals surface area (Å²) in [6.45, 7) is 0.607. The van der Waals surface area contributed by atoms with E-state index in [1.54, 1.807) is 0 Å². The first-order valence-electron chi connectivity index (χ1n) is 16.3. The van der Waals surface area contributed by atoms with Gasteiger partial charge in [0.1, 0.15) is 48.2 Å².